The summed E-state index contributed by atoms with van der Waals surface area (Å²) in [7, 11) is 0. The number of amides is 1. The Hall–Kier alpha value is -2.07. The minimum Gasteiger partial charge on any atom is -0.369 e. The van der Waals surface area contributed by atoms with Crippen LogP contribution in [0.5, 0.6) is 0 Å². The number of nitrogens with two attached hydrogens (primary N) is 1. The summed E-state index contributed by atoms with van der Waals surface area (Å²) in [6.45, 7) is 1.78. The van der Waals surface area contributed by atoms with E-state index >= 15 is 0 Å². The largest absolute Gasteiger partial charge is 0.369 e. The lowest BCUT2D eigenvalue weighted by Gasteiger charge is -2.11. The number of benzene rings is 2. The van der Waals surface area contributed by atoms with E-state index in [1.54, 1.807) is 18.7 Å². The van der Waals surface area contributed by atoms with Crippen molar-refractivity contribution in [3.8, 4) is 0 Å². The second kappa shape index (κ2) is 5.37. The van der Waals surface area contributed by atoms with Crippen molar-refractivity contribution in [1.82, 2.24) is 0 Å². The molecule has 0 saturated heterocycles. The van der Waals surface area contributed by atoms with Crippen LogP contribution in [0.15, 0.2) is 52.3 Å². The summed E-state index contributed by atoms with van der Waals surface area (Å²) < 4.78 is 0. The van der Waals surface area contributed by atoms with Gasteiger partial charge < -0.3 is 5.73 Å². The fourth-order valence-corrected chi connectivity index (χ4v) is 3.52. The first kappa shape index (κ1) is 13.9. The van der Waals surface area contributed by atoms with E-state index in [2.05, 4.69) is 0 Å². The predicted octanol–water partition coefficient (Wildman–Crippen LogP) is 3.17. The number of ketones is 1. The lowest BCUT2D eigenvalue weighted by Crippen LogP contribution is -2.19. The normalized spacial score (nSPS) is 14.8. The zero-order chi connectivity index (χ0) is 15.0. The Balaban J connectivity index is 2.04. The summed E-state index contributed by atoms with van der Waals surface area (Å²) in [4.78, 5) is 25.8. The lowest BCUT2D eigenvalue weighted by molar-refractivity contribution is -0.119. The van der Waals surface area contributed by atoms with Gasteiger partial charge in [0, 0.05) is 21.8 Å². The van der Waals surface area contributed by atoms with Crippen LogP contribution in [-0.4, -0.2) is 11.7 Å². The predicted molar refractivity (Wildman–Crippen MR) is 82.7 cm³/mol. The first-order valence-electron chi connectivity index (χ1n) is 6.78. The molecule has 2 aromatic rings. The highest BCUT2D eigenvalue weighted by Crippen LogP contribution is 2.37. The molecule has 0 spiro atoms. The van der Waals surface area contributed by atoms with Crippen molar-refractivity contribution >= 4 is 23.5 Å². The van der Waals surface area contributed by atoms with Crippen LogP contribution in [0, 0.1) is 0 Å². The molecule has 1 atom stereocenters. The van der Waals surface area contributed by atoms with E-state index < -0.39 is 0 Å². The van der Waals surface area contributed by atoms with Gasteiger partial charge in [-0.25, -0.2) is 0 Å². The van der Waals surface area contributed by atoms with E-state index in [0.717, 1.165) is 26.5 Å². The van der Waals surface area contributed by atoms with Crippen LogP contribution >= 0.6 is 11.8 Å². The van der Waals surface area contributed by atoms with Gasteiger partial charge in [0.05, 0.1) is 5.92 Å². The number of hydrogen-bond acceptors (Lipinski definition) is 3. The summed E-state index contributed by atoms with van der Waals surface area (Å²) in [5.74, 6) is -0.590. The van der Waals surface area contributed by atoms with Crippen molar-refractivity contribution in [2.75, 3.05) is 0 Å². The Kier molecular flexibility index (Phi) is 3.55. The highest BCUT2D eigenvalue weighted by Gasteiger charge is 2.21. The zero-order valence-electron chi connectivity index (χ0n) is 11.6. The molecule has 1 aliphatic rings. The van der Waals surface area contributed by atoms with Crippen molar-refractivity contribution in [3.05, 3.63) is 59.2 Å². The second-order valence-electron chi connectivity index (χ2n) is 5.19. The number of primary amides is 1. The molecule has 3 rings (SSSR count). The monoisotopic (exact) mass is 297 g/mol. The molecular formula is C17H15NO2S. The molecule has 1 aliphatic heterocycles. The molecule has 0 bridgehead atoms. The van der Waals surface area contributed by atoms with Gasteiger partial charge in [-0.15, -0.1) is 0 Å². The van der Waals surface area contributed by atoms with Crippen molar-refractivity contribution in [1.29, 1.82) is 0 Å². The summed E-state index contributed by atoms with van der Waals surface area (Å²) in [6.07, 6.45) is 0.360. The maximum Gasteiger partial charge on any atom is 0.224 e. The summed E-state index contributed by atoms with van der Waals surface area (Å²) in [5.41, 5.74) is 7.95. The van der Waals surface area contributed by atoms with Gasteiger partial charge in [0.25, 0.3) is 0 Å². The highest BCUT2D eigenvalue weighted by molar-refractivity contribution is 7.99. The molecule has 1 amide bonds. The van der Waals surface area contributed by atoms with Gasteiger partial charge in [0.15, 0.2) is 5.78 Å². The van der Waals surface area contributed by atoms with E-state index in [0.29, 0.717) is 6.42 Å². The van der Waals surface area contributed by atoms with Gasteiger partial charge >= 0.3 is 0 Å². The third-order valence-corrected chi connectivity index (χ3v) is 4.96. The molecule has 0 saturated carbocycles. The van der Waals surface area contributed by atoms with E-state index in [1.807, 2.05) is 42.5 Å². The number of carbonyl (C=O) groups excluding carboxylic acids is 2. The molecule has 4 heteroatoms. The number of carbonyl (C=O) groups is 2. The van der Waals surface area contributed by atoms with Crippen LogP contribution in [-0.2, 0) is 11.2 Å². The van der Waals surface area contributed by atoms with Crippen LogP contribution in [0.4, 0.5) is 0 Å². The van der Waals surface area contributed by atoms with Gasteiger partial charge in [-0.05, 0) is 30.2 Å². The summed E-state index contributed by atoms with van der Waals surface area (Å²) in [6, 6.07) is 13.5. The summed E-state index contributed by atoms with van der Waals surface area (Å²) in [5, 5.41) is 0. The van der Waals surface area contributed by atoms with Crippen molar-refractivity contribution in [2.24, 2.45) is 5.73 Å². The average molecular weight is 297 g/mol. The molecule has 0 radical (unpaired) electrons. The van der Waals surface area contributed by atoms with Crippen LogP contribution in [0.1, 0.15) is 34.3 Å². The molecule has 0 aromatic heterocycles. The third-order valence-electron chi connectivity index (χ3n) is 3.77. The Bertz CT molecular complexity index is 739. The average Bonchev–Trinajstić information content (AvgIpc) is 2.61. The van der Waals surface area contributed by atoms with E-state index in [4.69, 9.17) is 5.73 Å². The van der Waals surface area contributed by atoms with Gasteiger partial charge in [0.2, 0.25) is 5.91 Å². The first-order valence-corrected chi connectivity index (χ1v) is 7.60. The van der Waals surface area contributed by atoms with E-state index in [-0.39, 0.29) is 17.6 Å². The number of hydrogen-bond donors (Lipinski definition) is 1. The van der Waals surface area contributed by atoms with Gasteiger partial charge in [-0.2, -0.15) is 0 Å². The van der Waals surface area contributed by atoms with E-state index in [1.165, 1.54) is 0 Å². The number of fused-ring (bicyclic) bond motifs is 2. The molecule has 21 heavy (non-hydrogen) atoms. The molecule has 106 valence electrons. The molecular weight excluding hydrogens is 282 g/mol. The first-order chi connectivity index (χ1) is 10.1. The highest BCUT2D eigenvalue weighted by atomic mass is 32.2. The molecule has 1 unspecified atom stereocenters. The topological polar surface area (TPSA) is 60.2 Å². The number of rotatable bonds is 2. The smallest absolute Gasteiger partial charge is 0.224 e. The van der Waals surface area contributed by atoms with Crippen LogP contribution < -0.4 is 5.73 Å². The van der Waals surface area contributed by atoms with Gasteiger partial charge in [-0.1, -0.05) is 42.1 Å². The third kappa shape index (κ3) is 2.59. The minimum absolute atomic E-state index is 0.112. The molecule has 0 fully saturated rings. The molecule has 3 nitrogen and oxygen atoms in total. The minimum atomic E-state index is -0.356. The van der Waals surface area contributed by atoms with Crippen LogP contribution in [0.25, 0.3) is 0 Å². The molecule has 2 N–H and O–H groups in total. The maximum absolute atomic E-state index is 12.4. The van der Waals surface area contributed by atoms with E-state index in [9.17, 15) is 9.59 Å². The molecule has 2 aromatic carbocycles. The van der Waals surface area contributed by atoms with Crippen LogP contribution in [0.2, 0.25) is 0 Å². The van der Waals surface area contributed by atoms with Crippen molar-refractivity contribution < 1.29 is 9.59 Å². The van der Waals surface area contributed by atoms with Crippen molar-refractivity contribution in [2.45, 2.75) is 29.1 Å². The fourth-order valence-electron chi connectivity index (χ4n) is 2.44. The standard InChI is InChI=1S/C17H15NO2S/c1-10(17(18)20)11-6-7-15-12(8-11)9-14(19)13-4-2-3-5-16(13)21-15/h2-8,10H,9H2,1H3,(H2,18,20). The Morgan fingerprint density at radius 3 is 2.71 bits per heavy atom. The van der Waals surface area contributed by atoms with Crippen LogP contribution in [0.3, 0.4) is 0 Å². The fraction of sp³-hybridized carbons (Fsp3) is 0.176. The van der Waals surface area contributed by atoms with Gasteiger partial charge in [-0.3, -0.25) is 9.59 Å². The Morgan fingerprint density at radius 2 is 1.95 bits per heavy atom. The van der Waals surface area contributed by atoms with Gasteiger partial charge in [0.1, 0.15) is 0 Å². The second-order valence-corrected chi connectivity index (χ2v) is 6.27. The Morgan fingerprint density at radius 1 is 1.19 bits per heavy atom. The number of Topliss-reactive ketones (excluding diaryl/α,β-unsaturated/α-hetero) is 1. The SMILES string of the molecule is CC(C(N)=O)c1ccc2c(c1)CC(=O)c1ccccc1S2. The molecule has 1 heterocycles. The zero-order valence-corrected chi connectivity index (χ0v) is 12.4. The van der Waals surface area contributed by atoms with Crippen molar-refractivity contribution in [3.63, 3.8) is 0 Å². The molecule has 0 aliphatic carbocycles. The quantitative estimate of drug-likeness (QED) is 0.926. The lowest BCUT2D eigenvalue weighted by atomic mass is 9.96. The summed E-state index contributed by atoms with van der Waals surface area (Å²) >= 11 is 1.60. The Labute approximate surface area is 127 Å². The maximum atomic E-state index is 12.4.